The SMILES string of the molecule is CN(C)C1(CNC(=O)c2cccc(F)c2Br)CCC1. The van der Waals surface area contributed by atoms with Crippen LogP contribution in [-0.4, -0.2) is 37.0 Å². The summed E-state index contributed by atoms with van der Waals surface area (Å²) in [6.07, 6.45) is 3.37. The number of rotatable bonds is 4. The fraction of sp³-hybridized carbons (Fsp3) is 0.500. The standard InChI is InChI=1S/C14H18BrFN2O/c1-18(2)14(7-4-8-14)9-17-13(19)10-5-3-6-11(16)12(10)15/h3,5-6H,4,7-9H2,1-2H3,(H,17,19). The maximum Gasteiger partial charge on any atom is 0.252 e. The van der Waals surface area contributed by atoms with Crippen LogP contribution in [0.15, 0.2) is 22.7 Å². The molecule has 1 saturated carbocycles. The number of carbonyl (C=O) groups is 1. The van der Waals surface area contributed by atoms with Crippen molar-refractivity contribution in [2.24, 2.45) is 0 Å². The van der Waals surface area contributed by atoms with Gasteiger partial charge in [0, 0.05) is 12.1 Å². The third kappa shape index (κ3) is 2.82. The summed E-state index contributed by atoms with van der Waals surface area (Å²) in [6.45, 7) is 0.599. The molecule has 0 unspecified atom stereocenters. The number of carbonyl (C=O) groups excluding carboxylic acids is 1. The predicted molar refractivity (Wildman–Crippen MR) is 76.7 cm³/mol. The van der Waals surface area contributed by atoms with Crippen molar-refractivity contribution in [2.45, 2.75) is 24.8 Å². The molecule has 104 valence electrons. The number of nitrogens with one attached hydrogen (secondary N) is 1. The third-order valence-corrected chi connectivity index (χ3v) is 4.81. The summed E-state index contributed by atoms with van der Waals surface area (Å²) in [7, 11) is 4.06. The highest BCUT2D eigenvalue weighted by atomic mass is 79.9. The number of benzene rings is 1. The minimum absolute atomic E-state index is 0.0649. The third-order valence-electron chi connectivity index (χ3n) is 4.01. The molecule has 1 amide bonds. The Labute approximate surface area is 121 Å². The molecule has 0 spiro atoms. The molecule has 19 heavy (non-hydrogen) atoms. The minimum atomic E-state index is -0.418. The second kappa shape index (κ2) is 5.59. The molecule has 5 heteroatoms. The highest BCUT2D eigenvalue weighted by Gasteiger charge is 2.39. The van der Waals surface area contributed by atoms with Crippen LogP contribution in [0, 0.1) is 5.82 Å². The number of nitrogens with zero attached hydrogens (tertiary/aromatic N) is 1. The lowest BCUT2D eigenvalue weighted by Crippen LogP contribution is -2.57. The van der Waals surface area contributed by atoms with Crippen LogP contribution in [-0.2, 0) is 0 Å². The van der Waals surface area contributed by atoms with Gasteiger partial charge in [0.15, 0.2) is 0 Å². The Morgan fingerprint density at radius 1 is 1.47 bits per heavy atom. The van der Waals surface area contributed by atoms with Crippen molar-refractivity contribution in [2.75, 3.05) is 20.6 Å². The fourth-order valence-electron chi connectivity index (χ4n) is 2.39. The molecule has 1 aromatic rings. The number of amides is 1. The Kier molecular flexibility index (Phi) is 4.26. The van der Waals surface area contributed by atoms with E-state index in [-0.39, 0.29) is 15.9 Å². The van der Waals surface area contributed by atoms with Crippen molar-refractivity contribution in [1.82, 2.24) is 10.2 Å². The number of halogens is 2. The van der Waals surface area contributed by atoms with Gasteiger partial charge in [0.1, 0.15) is 5.82 Å². The van der Waals surface area contributed by atoms with Gasteiger partial charge in [-0.15, -0.1) is 0 Å². The Morgan fingerprint density at radius 2 is 2.16 bits per heavy atom. The normalized spacial score (nSPS) is 17.1. The first kappa shape index (κ1) is 14.5. The monoisotopic (exact) mass is 328 g/mol. The molecule has 1 aliphatic carbocycles. The van der Waals surface area contributed by atoms with E-state index in [1.165, 1.54) is 12.5 Å². The molecule has 2 rings (SSSR count). The fourth-order valence-corrected chi connectivity index (χ4v) is 2.83. The number of hydrogen-bond donors (Lipinski definition) is 1. The van der Waals surface area contributed by atoms with Crippen molar-refractivity contribution in [3.05, 3.63) is 34.1 Å². The first-order valence-corrected chi connectivity index (χ1v) is 7.15. The van der Waals surface area contributed by atoms with Crippen molar-refractivity contribution in [1.29, 1.82) is 0 Å². The van der Waals surface area contributed by atoms with E-state index in [1.54, 1.807) is 12.1 Å². The molecule has 0 aromatic heterocycles. The van der Waals surface area contributed by atoms with E-state index >= 15 is 0 Å². The zero-order chi connectivity index (χ0) is 14.0. The van der Waals surface area contributed by atoms with E-state index in [2.05, 4.69) is 26.1 Å². The van der Waals surface area contributed by atoms with Crippen LogP contribution < -0.4 is 5.32 Å². The van der Waals surface area contributed by atoms with Crippen molar-refractivity contribution < 1.29 is 9.18 Å². The molecule has 0 bridgehead atoms. The van der Waals surface area contributed by atoms with Gasteiger partial charge < -0.3 is 10.2 Å². The van der Waals surface area contributed by atoms with Gasteiger partial charge >= 0.3 is 0 Å². The molecule has 0 aliphatic heterocycles. The van der Waals surface area contributed by atoms with Crippen LogP contribution in [0.25, 0.3) is 0 Å². The smallest absolute Gasteiger partial charge is 0.252 e. The van der Waals surface area contributed by atoms with E-state index in [1.807, 2.05) is 14.1 Å². The van der Waals surface area contributed by atoms with Crippen LogP contribution in [0.2, 0.25) is 0 Å². The molecule has 1 aliphatic rings. The summed E-state index contributed by atoms with van der Waals surface area (Å²) in [5, 5.41) is 2.91. The summed E-state index contributed by atoms with van der Waals surface area (Å²) in [4.78, 5) is 14.3. The van der Waals surface area contributed by atoms with E-state index in [0.29, 0.717) is 12.1 Å². The van der Waals surface area contributed by atoms with Gasteiger partial charge in [0.05, 0.1) is 10.0 Å². The molecule has 1 fully saturated rings. The van der Waals surface area contributed by atoms with Gasteiger partial charge in [-0.3, -0.25) is 4.79 Å². The highest BCUT2D eigenvalue weighted by Crippen LogP contribution is 2.35. The molecule has 3 nitrogen and oxygen atoms in total. The lowest BCUT2D eigenvalue weighted by atomic mass is 9.75. The molecule has 0 atom stereocenters. The summed E-state index contributed by atoms with van der Waals surface area (Å²) in [5.74, 6) is -0.655. The lowest BCUT2D eigenvalue weighted by Gasteiger charge is -2.47. The second-order valence-corrected chi connectivity index (χ2v) is 6.05. The Hall–Kier alpha value is -0.940. The van der Waals surface area contributed by atoms with E-state index in [4.69, 9.17) is 0 Å². The number of likely N-dealkylation sites (N-methyl/N-ethyl adjacent to an activating group) is 1. The maximum atomic E-state index is 13.4. The quantitative estimate of drug-likeness (QED) is 0.921. The minimum Gasteiger partial charge on any atom is -0.350 e. The van der Waals surface area contributed by atoms with Crippen LogP contribution in [0.5, 0.6) is 0 Å². The van der Waals surface area contributed by atoms with Crippen LogP contribution in [0.3, 0.4) is 0 Å². The summed E-state index contributed by atoms with van der Waals surface area (Å²) >= 11 is 3.11. The van der Waals surface area contributed by atoms with Gasteiger partial charge in [-0.25, -0.2) is 4.39 Å². The van der Waals surface area contributed by atoms with Crippen molar-refractivity contribution >= 4 is 21.8 Å². The molecular formula is C14H18BrFN2O. The van der Waals surface area contributed by atoms with Crippen molar-refractivity contribution in [3.63, 3.8) is 0 Å². The van der Waals surface area contributed by atoms with E-state index in [9.17, 15) is 9.18 Å². The van der Waals surface area contributed by atoms with Gasteiger partial charge in [0.25, 0.3) is 5.91 Å². The average Bonchev–Trinajstić information content (AvgIpc) is 2.30. The first-order chi connectivity index (χ1) is 8.96. The lowest BCUT2D eigenvalue weighted by molar-refractivity contribution is 0.0557. The van der Waals surface area contributed by atoms with Crippen LogP contribution >= 0.6 is 15.9 Å². The molecule has 0 radical (unpaired) electrons. The Morgan fingerprint density at radius 3 is 2.68 bits per heavy atom. The van der Waals surface area contributed by atoms with Gasteiger partial charge in [-0.05, 0) is 61.4 Å². The zero-order valence-corrected chi connectivity index (χ0v) is 12.8. The molecule has 0 saturated heterocycles. The predicted octanol–water partition coefficient (Wildman–Crippen LogP) is 2.80. The van der Waals surface area contributed by atoms with Gasteiger partial charge in [-0.1, -0.05) is 6.07 Å². The molecular weight excluding hydrogens is 311 g/mol. The highest BCUT2D eigenvalue weighted by molar-refractivity contribution is 9.10. The summed E-state index contributed by atoms with van der Waals surface area (Å²) in [6, 6.07) is 4.49. The second-order valence-electron chi connectivity index (χ2n) is 5.26. The summed E-state index contributed by atoms with van der Waals surface area (Å²) < 4.78 is 13.6. The topological polar surface area (TPSA) is 32.3 Å². The average molecular weight is 329 g/mol. The van der Waals surface area contributed by atoms with Gasteiger partial charge in [-0.2, -0.15) is 0 Å². The molecule has 1 aromatic carbocycles. The first-order valence-electron chi connectivity index (χ1n) is 6.36. The molecule has 1 N–H and O–H groups in total. The Bertz CT molecular complexity index is 486. The largest absolute Gasteiger partial charge is 0.350 e. The van der Waals surface area contributed by atoms with E-state index in [0.717, 1.165) is 12.8 Å². The molecule has 0 heterocycles. The number of hydrogen-bond acceptors (Lipinski definition) is 2. The van der Waals surface area contributed by atoms with Crippen molar-refractivity contribution in [3.8, 4) is 0 Å². The Balaban J connectivity index is 2.04. The maximum absolute atomic E-state index is 13.4. The van der Waals surface area contributed by atoms with Crippen LogP contribution in [0.1, 0.15) is 29.6 Å². The van der Waals surface area contributed by atoms with Gasteiger partial charge in [0.2, 0.25) is 0 Å². The van der Waals surface area contributed by atoms with Crippen LogP contribution in [0.4, 0.5) is 4.39 Å². The zero-order valence-electron chi connectivity index (χ0n) is 11.2. The summed E-state index contributed by atoms with van der Waals surface area (Å²) in [5.41, 5.74) is 0.406. The van der Waals surface area contributed by atoms with E-state index < -0.39 is 5.82 Å².